The number of nitro groups is 1. The first-order valence-electron chi connectivity index (χ1n) is 4.49. The molecule has 2 aromatic rings. The maximum atomic E-state index is 10.6. The van der Waals surface area contributed by atoms with Gasteiger partial charge in [0.25, 0.3) is 5.69 Å². The van der Waals surface area contributed by atoms with Gasteiger partial charge < -0.3 is 0 Å². The Morgan fingerprint density at radius 3 is 2.67 bits per heavy atom. The topological polar surface area (TPSA) is 43.1 Å². The van der Waals surface area contributed by atoms with Gasteiger partial charge in [-0.3, -0.25) is 10.1 Å². The molecule has 0 spiro atoms. The Hall–Kier alpha value is -2.16. The van der Waals surface area contributed by atoms with E-state index in [1.54, 1.807) is 18.2 Å². The Kier molecular flexibility index (Phi) is 2.46. The highest BCUT2D eigenvalue weighted by molar-refractivity contribution is 5.65. The van der Waals surface area contributed by atoms with Crippen molar-refractivity contribution in [2.45, 2.75) is 0 Å². The summed E-state index contributed by atoms with van der Waals surface area (Å²) in [7, 11) is 0. The molecule has 0 amide bonds. The van der Waals surface area contributed by atoms with E-state index in [-0.39, 0.29) is 5.69 Å². The quantitative estimate of drug-likeness (QED) is 0.549. The Morgan fingerprint density at radius 2 is 2.00 bits per heavy atom. The molecule has 2 aromatic carbocycles. The van der Waals surface area contributed by atoms with E-state index in [1.165, 1.54) is 6.07 Å². The minimum Gasteiger partial charge on any atom is -0.258 e. The largest absolute Gasteiger partial charge is 0.270 e. The van der Waals surface area contributed by atoms with Crippen LogP contribution in [0.15, 0.2) is 48.5 Å². The fourth-order valence-corrected chi connectivity index (χ4v) is 1.36. The predicted molar refractivity (Wildman–Crippen MR) is 57.4 cm³/mol. The molecule has 15 heavy (non-hydrogen) atoms. The molecule has 0 aliphatic carbocycles. The first-order valence-corrected chi connectivity index (χ1v) is 4.49. The van der Waals surface area contributed by atoms with Gasteiger partial charge in [0.15, 0.2) is 0 Å². The number of rotatable bonds is 2. The lowest BCUT2D eigenvalue weighted by molar-refractivity contribution is -0.384. The number of nitro benzene ring substituents is 1. The van der Waals surface area contributed by atoms with Gasteiger partial charge in [0.2, 0.25) is 0 Å². The van der Waals surface area contributed by atoms with Gasteiger partial charge in [0, 0.05) is 12.1 Å². The zero-order valence-electron chi connectivity index (χ0n) is 7.88. The number of nitrogens with zero attached hydrogens (tertiary/aromatic N) is 1. The lowest BCUT2D eigenvalue weighted by atomic mass is 10.1. The van der Waals surface area contributed by atoms with E-state index in [9.17, 15) is 10.1 Å². The molecule has 3 heteroatoms. The first kappa shape index (κ1) is 9.40. The van der Waals surface area contributed by atoms with Crippen molar-refractivity contribution in [1.82, 2.24) is 0 Å². The summed E-state index contributed by atoms with van der Waals surface area (Å²) in [6.45, 7) is 0. The van der Waals surface area contributed by atoms with Crippen molar-refractivity contribution < 1.29 is 4.92 Å². The molecule has 0 aromatic heterocycles. The van der Waals surface area contributed by atoms with Gasteiger partial charge in [-0.15, -0.1) is 0 Å². The molecule has 0 atom stereocenters. The first-order chi connectivity index (χ1) is 7.27. The monoisotopic (exact) mass is 198 g/mol. The Bertz CT molecular complexity index is 480. The molecule has 0 saturated heterocycles. The standard InChI is InChI=1S/C12H8NO2/c14-13(15)12-8-4-7-11(9-12)10-5-2-1-3-6-10/h1-5,7-9H. The third-order valence-corrected chi connectivity index (χ3v) is 2.08. The SMILES string of the molecule is O=[N+]([O-])c1cccc(-c2[c]cccc2)c1. The van der Waals surface area contributed by atoms with Gasteiger partial charge in [-0.1, -0.05) is 36.4 Å². The molecular weight excluding hydrogens is 190 g/mol. The second-order valence-corrected chi connectivity index (χ2v) is 3.08. The normalized spacial score (nSPS) is 9.87. The summed E-state index contributed by atoms with van der Waals surface area (Å²) in [6, 6.07) is 17.0. The Balaban J connectivity index is 2.46. The average molecular weight is 198 g/mol. The zero-order valence-corrected chi connectivity index (χ0v) is 7.88. The maximum absolute atomic E-state index is 10.6. The molecule has 0 aliphatic heterocycles. The van der Waals surface area contributed by atoms with Crippen LogP contribution in [0.1, 0.15) is 0 Å². The van der Waals surface area contributed by atoms with E-state index in [4.69, 9.17) is 0 Å². The highest BCUT2D eigenvalue weighted by atomic mass is 16.6. The van der Waals surface area contributed by atoms with Crippen LogP contribution in [0.2, 0.25) is 0 Å². The van der Waals surface area contributed by atoms with Gasteiger partial charge in [0.05, 0.1) is 4.92 Å². The van der Waals surface area contributed by atoms with Crippen molar-refractivity contribution in [2.75, 3.05) is 0 Å². The van der Waals surface area contributed by atoms with Crippen molar-refractivity contribution in [3.8, 4) is 11.1 Å². The molecule has 2 rings (SSSR count). The Labute approximate surface area is 87.1 Å². The molecule has 73 valence electrons. The Morgan fingerprint density at radius 1 is 1.13 bits per heavy atom. The van der Waals surface area contributed by atoms with Crippen LogP contribution in [-0.4, -0.2) is 4.92 Å². The summed E-state index contributed by atoms with van der Waals surface area (Å²) in [6.07, 6.45) is 0. The fourth-order valence-electron chi connectivity index (χ4n) is 1.36. The van der Waals surface area contributed by atoms with E-state index in [0.29, 0.717) is 0 Å². The van der Waals surface area contributed by atoms with Crippen LogP contribution in [-0.2, 0) is 0 Å². The van der Waals surface area contributed by atoms with Gasteiger partial charge in [-0.2, -0.15) is 0 Å². The number of non-ortho nitro benzene ring substituents is 1. The number of benzene rings is 2. The molecule has 1 radical (unpaired) electrons. The van der Waals surface area contributed by atoms with Gasteiger partial charge in [-0.05, 0) is 17.2 Å². The number of hydrogen-bond donors (Lipinski definition) is 0. The summed E-state index contributed by atoms with van der Waals surface area (Å²) in [5, 5.41) is 10.6. The summed E-state index contributed by atoms with van der Waals surface area (Å²) < 4.78 is 0. The van der Waals surface area contributed by atoms with Crippen LogP contribution in [0.3, 0.4) is 0 Å². The molecule has 0 fully saturated rings. The zero-order chi connectivity index (χ0) is 10.7. The second kappa shape index (κ2) is 3.92. The molecule has 0 aliphatic rings. The predicted octanol–water partition coefficient (Wildman–Crippen LogP) is 3.06. The second-order valence-electron chi connectivity index (χ2n) is 3.08. The average Bonchev–Trinajstić information content (AvgIpc) is 2.30. The van der Waals surface area contributed by atoms with E-state index in [1.807, 2.05) is 24.3 Å². The van der Waals surface area contributed by atoms with E-state index >= 15 is 0 Å². The number of hydrogen-bond acceptors (Lipinski definition) is 2. The summed E-state index contributed by atoms with van der Waals surface area (Å²) in [4.78, 5) is 10.2. The van der Waals surface area contributed by atoms with E-state index in [2.05, 4.69) is 6.07 Å². The van der Waals surface area contributed by atoms with E-state index in [0.717, 1.165) is 11.1 Å². The highest BCUT2D eigenvalue weighted by Crippen LogP contribution is 2.22. The molecule has 3 nitrogen and oxygen atoms in total. The van der Waals surface area contributed by atoms with Gasteiger partial charge in [0.1, 0.15) is 0 Å². The van der Waals surface area contributed by atoms with Crippen LogP contribution in [0.25, 0.3) is 11.1 Å². The van der Waals surface area contributed by atoms with Crippen molar-refractivity contribution in [3.63, 3.8) is 0 Å². The van der Waals surface area contributed by atoms with Crippen LogP contribution < -0.4 is 0 Å². The lowest BCUT2D eigenvalue weighted by Crippen LogP contribution is -1.87. The smallest absolute Gasteiger partial charge is 0.258 e. The van der Waals surface area contributed by atoms with Crippen molar-refractivity contribution in [2.24, 2.45) is 0 Å². The highest BCUT2D eigenvalue weighted by Gasteiger charge is 2.06. The molecule has 0 saturated carbocycles. The molecular formula is C12H8NO2. The summed E-state index contributed by atoms with van der Waals surface area (Å²) >= 11 is 0. The van der Waals surface area contributed by atoms with Crippen molar-refractivity contribution in [3.05, 3.63) is 64.7 Å². The summed E-state index contributed by atoms with van der Waals surface area (Å²) in [5.41, 5.74) is 1.77. The van der Waals surface area contributed by atoms with E-state index < -0.39 is 4.92 Å². The third kappa shape index (κ3) is 2.02. The lowest BCUT2D eigenvalue weighted by Gasteiger charge is -1.99. The minimum absolute atomic E-state index is 0.102. The van der Waals surface area contributed by atoms with Crippen molar-refractivity contribution >= 4 is 5.69 Å². The van der Waals surface area contributed by atoms with Crippen molar-refractivity contribution in [1.29, 1.82) is 0 Å². The van der Waals surface area contributed by atoms with Crippen LogP contribution in [0.5, 0.6) is 0 Å². The minimum atomic E-state index is -0.396. The molecule has 0 bridgehead atoms. The fraction of sp³-hybridized carbons (Fsp3) is 0. The van der Waals surface area contributed by atoms with Crippen LogP contribution >= 0.6 is 0 Å². The molecule has 0 heterocycles. The van der Waals surface area contributed by atoms with Gasteiger partial charge in [-0.25, -0.2) is 0 Å². The summed E-state index contributed by atoms with van der Waals surface area (Å²) in [5.74, 6) is 0. The molecule has 0 unspecified atom stereocenters. The van der Waals surface area contributed by atoms with Crippen LogP contribution in [0.4, 0.5) is 5.69 Å². The molecule has 0 N–H and O–H groups in total. The van der Waals surface area contributed by atoms with Crippen LogP contribution in [0, 0.1) is 16.2 Å². The maximum Gasteiger partial charge on any atom is 0.270 e. The third-order valence-electron chi connectivity index (χ3n) is 2.08. The van der Waals surface area contributed by atoms with Gasteiger partial charge >= 0.3 is 0 Å².